The number of esters is 1. The molecule has 140 valence electrons. The van der Waals surface area contributed by atoms with E-state index in [9.17, 15) is 19.7 Å². The molecule has 0 aliphatic carbocycles. The Hall–Kier alpha value is -4.00. The van der Waals surface area contributed by atoms with E-state index in [2.05, 4.69) is 5.32 Å². The minimum absolute atomic E-state index is 0.0750. The lowest BCUT2D eigenvalue weighted by Gasteiger charge is -2.08. The number of nitro benzene ring substituents is 1. The highest BCUT2D eigenvalue weighted by atomic mass is 16.6. The number of nitrogens with one attached hydrogen (secondary N) is 1. The Morgan fingerprint density at radius 3 is 2.29 bits per heavy atom. The lowest BCUT2D eigenvalue weighted by Crippen LogP contribution is -2.12. The highest BCUT2D eigenvalue weighted by molar-refractivity contribution is 6.04. The van der Waals surface area contributed by atoms with Gasteiger partial charge >= 0.3 is 5.97 Å². The number of ether oxygens (including phenoxy) is 1. The van der Waals surface area contributed by atoms with Crippen LogP contribution in [0.15, 0.2) is 72.8 Å². The summed E-state index contributed by atoms with van der Waals surface area (Å²) in [6.45, 7) is 1.90. The Balaban J connectivity index is 1.66. The van der Waals surface area contributed by atoms with Gasteiger partial charge in [-0.15, -0.1) is 0 Å². The van der Waals surface area contributed by atoms with Gasteiger partial charge in [0.15, 0.2) is 0 Å². The zero-order valence-corrected chi connectivity index (χ0v) is 14.9. The highest BCUT2D eigenvalue weighted by Crippen LogP contribution is 2.19. The Labute approximate surface area is 160 Å². The van der Waals surface area contributed by atoms with Gasteiger partial charge in [-0.3, -0.25) is 14.9 Å². The number of carbonyl (C=O) groups is 2. The lowest BCUT2D eigenvalue weighted by molar-refractivity contribution is -0.384. The largest absolute Gasteiger partial charge is 0.423 e. The van der Waals surface area contributed by atoms with Gasteiger partial charge in [-0.05, 0) is 49.4 Å². The fraction of sp³-hybridized carbons (Fsp3) is 0.0476. The molecule has 0 atom stereocenters. The monoisotopic (exact) mass is 376 g/mol. The van der Waals surface area contributed by atoms with Gasteiger partial charge in [0, 0.05) is 23.4 Å². The van der Waals surface area contributed by atoms with Crippen LogP contribution in [0.3, 0.4) is 0 Å². The zero-order valence-electron chi connectivity index (χ0n) is 14.9. The quantitative estimate of drug-likeness (QED) is 0.308. The van der Waals surface area contributed by atoms with Crippen LogP contribution in [0.5, 0.6) is 5.75 Å². The molecular weight excluding hydrogens is 360 g/mol. The molecule has 0 aliphatic heterocycles. The van der Waals surface area contributed by atoms with E-state index in [4.69, 9.17) is 4.74 Å². The minimum atomic E-state index is -0.708. The van der Waals surface area contributed by atoms with Gasteiger partial charge in [0.2, 0.25) is 0 Å². The number of carbonyl (C=O) groups excluding carboxylic acids is 2. The standard InChI is InChI=1S/C21H16N2O5/c1-14-4-2-5-15(12-14)20(24)22-17-8-10-19(11-9-17)28-21(25)16-6-3-7-18(13-16)23(26)27/h2-13H,1H3,(H,22,24). The number of nitrogens with zero attached hydrogens (tertiary/aromatic N) is 1. The maximum absolute atomic E-state index is 12.2. The van der Waals surface area contributed by atoms with E-state index in [1.807, 2.05) is 13.0 Å². The number of nitro groups is 1. The van der Waals surface area contributed by atoms with Gasteiger partial charge in [-0.2, -0.15) is 0 Å². The van der Waals surface area contributed by atoms with Crippen LogP contribution in [0.4, 0.5) is 11.4 Å². The average molecular weight is 376 g/mol. The second-order valence-electron chi connectivity index (χ2n) is 6.04. The first-order valence-corrected chi connectivity index (χ1v) is 8.37. The predicted molar refractivity (Wildman–Crippen MR) is 104 cm³/mol. The molecule has 0 bridgehead atoms. The topological polar surface area (TPSA) is 98.5 Å². The van der Waals surface area contributed by atoms with Crippen molar-refractivity contribution in [3.05, 3.63) is 99.6 Å². The SMILES string of the molecule is Cc1cccc(C(=O)Nc2ccc(OC(=O)c3cccc([N+](=O)[O-])c3)cc2)c1. The van der Waals surface area contributed by atoms with Gasteiger partial charge in [-0.25, -0.2) is 4.79 Å². The molecule has 28 heavy (non-hydrogen) atoms. The smallest absolute Gasteiger partial charge is 0.343 e. The Morgan fingerprint density at radius 1 is 0.929 bits per heavy atom. The third-order valence-corrected chi connectivity index (χ3v) is 3.90. The maximum Gasteiger partial charge on any atom is 0.343 e. The predicted octanol–water partition coefficient (Wildman–Crippen LogP) is 4.37. The van der Waals surface area contributed by atoms with Crippen molar-refractivity contribution in [1.82, 2.24) is 0 Å². The molecule has 0 heterocycles. The van der Waals surface area contributed by atoms with Crippen molar-refractivity contribution in [2.75, 3.05) is 5.32 Å². The van der Waals surface area contributed by atoms with E-state index in [0.717, 1.165) is 11.6 Å². The molecule has 0 saturated carbocycles. The number of anilines is 1. The van der Waals surface area contributed by atoms with E-state index in [-0.39, 0.29) is 22.9 Å². The van der Waals surface area contributed by atoms with Crippen molar-refractivity contribution in [2.24, 2.45) is 0 Å². The summed E-state index contributed by atoms with van der Waals surface area (Å²) < 4.78 is 5.22. The van der Waals surface area contributed by atoms with E-state index < -0.39 is 10.9 Å². The van der Waals surface area contributed by atoms with Crippen molar-refractivity contribution >= 4 is 23.3 Å². The van der Waals surface area contributed by atoms with Gasteiger partial charge in [0.1, 0.15) is 5.75 Å². The molecule has 0 aliphatic rings. The minimum Gasteiger partial charge on any atom is -0.423 e. The van der Waals surface area contributed by atoms with Gasteiger partial charge < -0.3 is 10.1 Å². The Morgan fingerprint density at radius 2 is 1.61 bits per heavy atom. The second kappa shape index (κ2) is 8.13. The van der Waals surface area contributed by atoms with E-state index in [0.29, 0.717) is 11.3 Å². The van der Waals surface area contributed by atoms with Gasteiger partial charge in [0.25, 0.3) is 11.6 Å². The van der Waals surface area contributed by atoms with Crippen LogP contribution in [0.2, 0.25) is 0 Å². The number of rotatable bonds is 5. The molecule has 0 fully saturated rings. The van der Waals surface area contributed by atoms with Gasteiger partial charge in [0.05, 0.1) is 10.5 Å². The molecule has 3 aromatic carbocycles. The molecule has 0 spiro atoms. The van der Waals surface area contributed by atoms with Crippen LogP contribution < -0.4 is 10.1 Å². The highest BCUT2D eigenvalue weighted by Gasteiger charge is 2.13. The summed E-state index contributed by atoms with van der Waals surface area (Å²) in [5, 5.41) is 13.6. The van der Waals surface area contributed by atoms with Crippen LogP contribution in [-0.4, -0.2) is 16.8 Å². The number of non-ortho nitro benzene ring substituents is 1. The van der Waals surface area contributed by atoms with Crippen molar-refractivity contribution in [3.63, 3.8) is 0 Å². The summed E-state index contributed by atoms with van der Waals surface area (Å²) in [5.41, 5.74) is 1.95. The molecule has 1 N–H and O–H groups in total. The second-order valence-corrected chi connectivity index (χ2v) is 6.04. The summed E-state index contributed by atoms with van der Waals surface area (Å²) in [6, 6.07) is 18.8. The first-order chi connectivity index (χ1) is 13.4. The van der Waals surface area contributed by atoms with E-state index in [1.165, 1.54) is 30.3 Å². The van der Waals surface area contributed by atoms with Crippen LogP contribution in [0.1, 0.15) is 26.3 Å². The molecule has 1 amide bonds. The fourth-order valence-corrected chi connectivity index (χ4v) is 2.51. The molecule has 0 aromatic heterocycles. The summed E-state index contributed by atoms with van der Waals surface area (Å²) >= 11 is 0. The van der Waals surface area contributed by atoms with E-state index in [1.54, 1.807) is 30.3 Å². The summed E-state index contributed by atoms with van der Waals surface area (Å²) in [4.78, 5) is 34.6. The normalized spacial score (nSPS) is 10.2. The molecule has 0 saturated heterocycles. The number of amides is 1. The van der Waals surface area contributed by atoms with Crippen molar-refractivity contribution in [1.29, 1.82) is 0 Å². The number of benzene rings is 3. The summed E-state index contributed by atoms with van der Waals surface area (Å²) in [7, 11) is 0. The molecule has 0 radical (unpaired) electrons. The number of hydrogen-bond donors (Lipinski definition) is 1. The van der Waals surface area contributed by atoms with E-state index >= 15 is 0 Å². The molecule has 0 unspecified atom stereocenters. The summed E-state index contributed by atoms with van der Waals surface area (Å²) in [5.74, 6) is -0.699. The van der Waals surface area contributed by atoms with Crippen LogP contribution >= 0.6 is 0 Å². The molecule has 3 rings (SSSR count). The molecule has 7 heteroatoms. The van der Waals surface area contributed by atoms with Crippen molar-refractivity contribution < 1.29 is 19.2 Å². The Bertz CT molecular complexity index is 1040. The average Bonchev–Trinajstić information content (AvgIpc) is 2.69. The fourth-order valence-electron chi connectivity index (χ4n) is 2.51. The molecule has 7 nitrogen and oxygen atoms in total. The van der Waals surface area contributed by atoms with Crippen molar-refractivity contribution in [2.45, 2.75) is 6.92 Å². The maximum atomic E-state index is 12.2. The van der Waals surface area contributed by atoms with Crippen LogP contribution in [0, 0.1) is 17.0 Å². The van der Waals surface area contributed by atoms with Gasteiger partial charge in [-0.1, -0.05) is 23.8 Å². The lowest BCUT2D eigenvalue weighted by atomic mass is 10.1. The molecule has 3 aromatic rings. The first-order valence-electron chi connectivity index (χ1n) is 8.37. The third kappa shape index (κ3) is 4.59. The van der Waals surface area contributed by atoms with Crippen LogP contribution in [0.25, 0.3) is 0 Å². The molecular formula is C21H16N2O5. The summed E-state index contributed by atoms with van der Waals surface area (Å²) in [6.07, 6.45) is 0. The number of aryl methyl sites for hydroxylation is 1. The van der Waals surface area contributed by atoms with Crippen LogP contribution in [-0.2, 0) is 0 Å². The zero-order chi connectivity index (χ0) is 20.1. The first kappa shape index (κ1) is 18.8. The number of hydrogen-bond acceptors (Lipinski definition) is 5. The Kier molecular flexibility index (Phi) is 5.45. The third-order valence-electron chi connectivity index (χ3n) is 3.90. The van der Waals surface area contributed by atoms with Crippen molar-refractivity contribution in [3.8, 4) is 5.75 Å².